The van der Waals surface area contributed by atoms with Gasteiger partial charge in [0, 0.05) is 11.9 Å². The topological polar surface area (TPSA) is 68.2 Å². The minimum Gasteiger partial charge on any atom is -0.465 e. The van der Waals surface area contributed by atoms with E-state index in [1.54, 1.807) is 47.4 Å². The van der Waals surface area contributed by atoms with Gasteiger partial charge in [-0.15, -0.1) is 0 Å². The Morgan fingerprint density at radius 2 is 1.89 bits per heavy atom. The van der Waals surface area contributed by atoms with Gasteiger partial charge in [0.05, 0.1) is 41.1 Å². The van der Waals surface area contributed by atoms with E-state index in [1.165, 1.54) is 7.11 Å². The number of aromatic nitrogens is 2. The summed E-state index contributed by atoms with van der Waals surface area (Å²) in [5, 5.41) is 11.7. The van der Waals surface area contributed by atoms with Crippen LogP contribution in [0.15, 0.2) is 54.9 Å². The Balaban J connectivity index is 1.65. The minimum atomic E-state index is -0.381. The van der Waals surface area contributed by atoms with Crippen LogP contribution in [0.1, 0.15) is 15.9 Å². The molecule has 0 spiro atoms. The lowest BCUT2D eigenvalue weighted by Gasteiger charge is -2.10. The van der Waals surface area contributed by atoms with Crippen LogP contribution in [0.2, 0.25) is 10.0 Å². The average Bonchev–Trinajstić information content (AvgIpc) is 3.11. The number of carbonyl (C=O) groups is 1. The second kappa shape index (κ2) is 9.05. The van der Waals surface area contributed by atoms with Gasteiger partial charge in [0.2, 0.25) is 0 Å². The van der Waals surface area contributed by atoms with Crippen LogP contribution < -0.4 is 10.6 Å². The molecule has 0 radical (unpaired) electrons. The van der Waals surface area contributed by atoms with Crippen LogP contribution in [0.25, 0.3) is 0 Å². The fraction of sp³-hybridized carbons (Fsp3) is 0.105. The van der Waals surface area contributed by atoms with Crippen LogP contribution in [0, 0.1) is 0 Å². The van der Waals surface area contributed by atoms with E-state index in [0.29, 0.717) is 38.6 Å². The lowest BCUT2D eigenvalue weighted by molar-refractivity contribution is 0.0599. The van der Waals surface area contributed by atoms with Crippen LogP contribution >= 0.6 is 35.4 Å². The molecule has 6 nitrogen and oxygen atoms in total. The molecule has 0 aliphatic rings. The maximum atomic E-state index is 11.9. The summed E-state index contributed by atoms with van der Waals surface area (Å²) in [4.78, 5) is 11.9. The smallest absolute Gasteiger partial charge is 0.338 e. The number of benzene rings is 2. The molecule has 0 saturated heterocycles. The van der Waals surface area contributed by atoms with Crippen molar-refractivity contribution in [3.8, 4) is 0 Å². The zero-order chi connectivity index (χ0) is 20.1. The first-order chi connectivity index (χ1) is 13.5. The molecule has 2 N–H and O–H groups in total. The predicted molar refractivity (Wildman–Crippen MR) is 115 cm³/mol. The van der Waals surface area contributed by atoms with Crippen molar-refractivity contribution in [1.29, 1.82) is 0 Å². The number of methoxy groups -OCH3 is 1. The molecule has 28 heavy (non-hydrogen) atoms. The number of rotatable bonds is 5. The SMILES string of the molecule is COC(=O)c1ccccc1Cn1cc(NC(=S)Nc2ccc(Cl)c(Cl)c2)cn1. The number of nitrogens with zero attached hydrogens (tertiary/aromatic N) is 2. The summed E-state index contributed by atoms with van der Waals surface area (Å²) in [6.45, 7) is 0.417. The normalized spacial score (nSPS) is 10.4. The van der Waals surface area contributed by atoms with Gasteiger partial charge in [-0.05, 0) is 42.0 Å². The first kappa shape index (κ1) is 20.1. The maximum absolute atomic E-state index is 11.9. The van der Waals surface area contributed by atoms with Gasteiger partial charge in [-0.3, -0.25) is 4.68 Å². The quantitative estimate of drug-likeness (QED) is 0.442. The largest absolute Gasteiger partial charge is 0.465 e. The summed E-state index contributed by atoms with van der Waals surface area (Å²) >= 11 is 17.2. The standard InChI is InChI=1S/C19H16Cl2N4O2S/c1-27-18(26)15-5-3-2-4-12(15)10-25-11-14(9-22-25)24-19(28)23-13-6-7-16(20)17(21)8-13/h2-9,11H,10H2,1H3,(H2,23,24,28). The second-order valence-electron chi connectivity index (χ2n) is 5.78. The maximum Gasteiger partial charge on any atom is 0.338 e. The molecule has 3 rings (SSSR count). The van der Waals surface area contributed by atoms with Crippen molar-refractivity contribution in [3.05, 3.63) is 76.0 Å². The lowest BCUT2D eigenvalue weighted by Crippen LogP contribution is -2.18. The van der Waals surface area contributed by atoms with E-state index in [-0.39, 0.29) is 5.97 Å². The molecule has 2 aromatic carbocycles. The summed E-state index contributed by atoms with van der Waals surface area (Å²) < 4.78 is 6.52. The van der Waals surface area contributed by atoms with E-state index in [4.69, 9.17) is 40.2 Å². The Morgan fingerprint density at radius 3 is 2.64 bits per heavy atom. The highest BCUT2D eigenvalue weighted by Gasteiger charge is 2.12. The molecule has 144 valence electrons. The third kappa shape index (κ3) is 5.01. The number of carbonyl (C=O) groups excluding carboxylic acids is 1. The van der Waals surface area contributed by atoms with Crippen LogP contribution in [0.4, 0.5) is 11.4 Å². The summed E-state index contributed by atoms with van der Waals surface area (Å²) in [7, 11) is 1.36. The molecule has 0 unspecified atom stereocenters. The molecule has 1 heterocycles. The second-order valence-corrected chi connectivity index (χ2v) is 7.01. The number of hydrogen-bond acceptors (Lipinski definition) is 4. The highest BCUT2D eigenvalue weighted by atomic mass is 35.5. The fourth-order valence-corrected chi connectivity index (χ4v) is 3.06. The lowest BCUT2D eigenvalue weighted by atomic mass is 10.1. The zero-order valence-electron chi connectivity index (χ0n) is 14.8. The van der Waals surface area contributed by atoms with Gasteiger partial charge < -0.3 is 15.4 Å². The van der Waals surface area contributed by atoms with Crippen LogP contribution in [0.5, 0.6) is 0 Å². The van der Waals surface area contributed by atoms with Crippen LogP contribution in [0.3, 0.4) is 0 Å². The first-order valence-electron chi connectivity index (χ1n) is 8.18. The Labute approximate surface area is 177 Å². The highest BCUT2D eigenvalue weighted by molar-refractivity contribution is 7.80. The van der Waals surface area contributed by atoms with Gasteiger partial charge in [0.25, 0.3) is 0 Å². The number of thiocarbonyl (C=S) groups is 1. The molecule has 3 aromatic rings. The first-order valence-corrected chi connectivity index (χ1v) is 9.34. The van der Waals surface area contributed by atoms with Crippen LogP contribution in [-0.2, 0) is 11.3 Å². The Hall–Kier alpha value is -2.61. The highest BCUT2D eigenvalue weighted by Crippen LogP contribution is 2.25. The zero-order valence-corrected chi connectivity index (χ0v) is 17.1. The van der Waals surface area contributed by atoms with Gasteiger partial charge in [-0.25, -0.2) is 4.79 Å². The molecular formula is C19H16Cl2N4O2S. The van der Waals surface area contributed by atoms with Crippen molar-refractivity contribution in [1.82, 2.24) is 9.78 Å². The van der Waals surface area contributed by atoms with Crippen molar-refractivity contribution in [2.75, 3.05) is 17.7 Å². The molecule has 0 bridgehead atoms. The summed E-state index contributed by atoms with van der Waals surface area (Å²) in [6.07, 6.45) is 3.43. The molecule has 0 amide bonds. The number of ether oxygens (including phenoxy) is 1. The van der Waals surface area contributed by atoms with Crippen molar-refractivity contribution in [3.63, 3.8) is 0 Å². The van der Waals surface area contributed by atoms with Gasteiger partial charge >= 0.3 is 5.97 Å². The molecule has 9 heteroatoms. The number of anilines is 2. The van der Waals surface area contributed by atoms with Crippen molar-refractivity contribution >= 4 is 57.9 Å². The van der Waals surface area contributed by atoms with Crippen molar-refractivity contribution < 1.29 is 9.53 Å². The van der Waals surface area contributed by atoms with E-state index >= 15 is 0 Å². The fourth-order valence-electron chi connectivity index (χ4n) is 2.52. The van der Waals surface area contributed by atoms with E-state index in [2.05, 4.69) is 15.7 Å². The molecule has 1 aromatic heterocycles. The van der Waals surface area contributed by atoms with Gasteiger partial charge in [0.1, 0.15) is 0 Å². The number of nitrogens with one attached hydrogen (secondary N) is 2. The number of esters is 1. The van der Waals surface area contributed by atoms with E-state index in [0.717, 1.165) is 5.56 Å². The molecular weight excluding hydrogens is 419 g/mol. The molecule has 0 aliphatic heterocycles. The van der Waals surface area contributed by atoms with E-state index in [1.807, 2.05) is 12.1 Å². The number of hydrogen-bond donors (Lipinski definition) is 2. The number of halogens is 2. The van der Waals surface area contributed by atoms with Crippen molar-refractivity contribution in [2.24, 2.45) is 0 Å². The van der Waals surface area contributed by atoms with Gasteiger partial charge in [0.15, 0.2) is 5.11 Å². The molecule has 0 fully saturated rings. The summed E-state index contributed by atoms with van der Waals surface area (Å²) in [5.41, 5.74) is 2.73. The molecule has 0 saturated carbocycles. The minimum absolute atomic E-state index is 0.381. The Morgan fingerprint density at radius 1 is 1.14 bits per heavy atom. The van der Waals surface area contributed by atoms with Crippen molar-refractivity contribution in [2.45, 2.75) is 6.54 Å². The summed E-state index contributed by atoms with van der Waals surface area (Å²) in [5.74, 6) is -0.381. The van der Waals surface area contributed by atoms with Gasteiger partial charge in [-0.2, -0.15) is 5.10 Å². The summed E-state index contributed by atoms with van der Waals surface area (Å²) in [6, 6.07) is 12.4. The Bertz CT molecular complexity index is 1020. The van der Waals surface area contributed by atoms with Gasteiger partial charge in [-0.1, -0.05) is 41.4 Å². The average molecular weight is 435 g/mol. The van der Waals surface area contributed by atoms with E-state index < -0.39 is 0 Å². The molecule has 0 aliphatic carbocycles. The molecule has 0 atom stereocenters. The third-order valence-corrected chi connectivity index (χ3v) is 4.77. The monoisotopic (exact) mass is 434 g/mol. The van der Waals surface area contributed by atoms with E-state index in [9.17, 15) is 4.79 Å². The third-order valence-electron chi connectivity index (χ3n) is 3.82. The van der Waals surface area contributed by atoms with Crippen LogP contribution in [-0.4, -0.2) is 28.0 Å². The predicted octanol–water partition coefficient (Wildman–Crippen LogP) is 4.83. The Kier molecular flexibility index (Phi) is 6.51.